The van der Waals surface area contributed by atoms with Crippen molar-refractivity contribution in [2.45, 2.75) is 37.6 Å². The van der Waals surface area contributed by atoms with Crippen molar-refractivity contribution < 1.29 is 14.3 Å². The molecule has 0 heterocycles. The zero-order valence-electron chi connectivity index (χ0n) is 12.8. The molecule has 0 aliphatic heterocycles. The van der Waals surface area contributed by atoms with Gasteiger partial charge in [0.25, 0.3) is 5.91 Å². The Bertz CT molecular complexity index is 496. The fraction of sp³-hybridized carbons (Fsp3) is 0.562. The van der Waals surface area contributed by atoms with Crippen LogP contribution in [-0.4, -0.2) is 32.2 Å². The molecule has 21 heavy (non-hydrogen) atoms. The molecule has 5 heteroatoms. The highest BCUT2D eigenvalue weighted by Crippen LogP contribution is 2.28. The molecule has 1 amide bonds. The third-order valence-electron chi connectivity index (χ3n) is 4.10. The molecular formula is C16H24N2O3. The number of rotatable bonds is 5. The lowest BCUT2D eigenvalue weighted by Gasteiger charge is -2.33. The Hall–Kier alpha value is -1.75. The Morgan fingerprint density at radius 3 is 2.48 bits per heavy atom. The van der Waals surface area contributed by atoms with Crippen LogP contribution in [-0.2, 0) is 0 Å². The minimum atomic E-state index is -0.259. The van der Waals surface area contributed by atoms with Gasteiger partial charge in [0, 0.05) is 17.6 Å². The summed E-state index contributed by atoms with van der Waals surface area (Å²) in [4.78, 5) is 12.2. The van der Waals surface area contributed by atoms with Crippen LogP contribution in [0.3, 0.4) is 0 Å². The minimum Gasteiger partial charge on any atom is -0.493 e. The van der Waals surface area contributed by atoms with Gasteiger partial charge in [-0.1, -0.05) is 19.3 Å². The van der Waals surface area contributed by atoms with Crippen molar-refractivity contribution >= 4 is 5.91 Å². The molecule has 1 saturated carbocycles. The minimum absolute atomic E-state index is 0.133. The zero-order valence-corrected chi connectivity index (χ0v) is 12.8. The van der Waals surface area contributed by atoms with Crippen molar-refractivity contribution in [2.24, 2.45) is 5.73 Å². The highest BCUT2D eigenvalue weighted by atomic mass is 16.5. The first-order valence-corrected chi connectivity index (χ1v) is 7.37. The number of hydrogen-bond donors (Lipinski definition) is 2. The monoisotopic (exact) mass is 292 g/mol. The van der Waals surface area contributed by atoms with Gasteiger partial charge in [-0.25, -0.2) is 0 Å². The van der Waals surface area contributed by atoms with E-state index in [-0.39, 0.29) is 11.4 Å². The maximum atomic E-state index is 12.2. The van der Waals surface area contributed by atoms with Crippen LogP contribution < -0.4 is 20.5 Å². The van der Waals surface area contributed by atoms with E-state index in [1.807, 2.05) is 0 Å². The van der Waals surface area contributed by atoms with Crippen LogP contribution in [0.1, 0.15) is 42.5 Å². The average Bonchev–Trinajstić information content (AvgIpc) is 2.52. The van der Waals surface area contributed by atoms with E-state index < -0.39 is 0 Å². The molecular weight excluding hydrogens is 268 g/mol. The highest BCUT2D eigenvalue weighted by molar-refractivity contribution is 5.94. The van der Waals surface area contributed by atoms with Gasteiger partial charge in [-0.15, -0.1) is 0 Å². The normalized spacial score (nSPS) is 17.1. The van der Waals surface area contributed by atoms with Crippen molar-refractivity contribution in [1.82, 2.24) is 5.32 Å². The van der Waals surface area contributed by atoms with Crippen LogP contribution in [0, 0.1) is 0 Å². The zero-order chi connectivity index (χ0) is 15.3. The standard InChI is InChI=1S/C16H24N2O3/c1-20-13-7-6-12(10-14(13)21-2)15(19)18-11-16(17)8-4-3-5-9-16/h6-7,10H,3-5,8-9,11,17H2,1-2H3,(H,18,19). The molecule has 0 spiro atoms. The van der Waals surface area contributed by atoms with Gasteiger partial charge in [-0.3, -0.25) is 4.79 Å². The third kappa shape index (κ3) is 3.88. The summed E-state index contributed by atoms with van der Waals surface area (Å²) in [5.41, 5.74) is 6.62. The largest absolute Gasteiger partial charge is 0.493 e. The highest BCUT2D eigenvalue weighted by Gasteiger charge is 2.27. The number of methoxy groups -OCH3 is 2. The lowest BCUT2D eigenvalue weighted by Crippen LogP contribution is -2.51. The summed E-state index contributed by atoms with van der Waals surface area (Å²) in [5.74, 6) is 1.02. The van der Waals surface area contributed by atoms with Gasteiger partial charge in [-0.05, 0) is 31.0 Å². The quantitative estimate of drug-likeness (QED) is 0.871. The molecule has 0 radical (unpaired) electrons. The molecule has 0 atom stereocenters. The van der Waals surface area contributed by atoms with Gasteiger partial charge in [0.05, 0.1) is 14.2 Å². The first-order valence-electron chi connectivity index (χ1n) is 7.37. The van der Waals surface area contributed by atoms with E-state index in [0.717, 1.165) is 25.7 Å². The van der Waals surface area contributed by atoms with Crippen LogP contribution in [0.25, 0.3) is 0 Å². The summed E-state index contributed by atoms with van der Waals surface area (Å²) in [7, 11) is 3.12. The third-order valence-corrected chi connectivity index (χ3v) is 4.10. The van der Waals surface area contributed by atoms with Gasteiger partial charge in [0.15, 0.2) is 11.5 Å². The summed E-state index contributed by atoms with van der Waals surface area (Å²) >= 11 is 0. The molecule has 5 nitrogen and oxygen atoms in total. The van der Waals surface area contributed by atoms with Crippen molar-refractivity contribution in [3.05, 3.63) is 23.8 Å². The Labute approximate surface area is 125 Å². The molecule has 0 bridgehead atoms. The van der Waals surface area contributed by atoms with Gasteiger partial charge < -0.3 is 20.5 Å². The number of amides is 1. The fourth-order valence-electron chi connectivity index (χ4n) is 2.77. The van der Waals surface area contributed by atoms with Gasteiger partial charge in [0.2, 0.25) is 0 Å². The molecule has 0 saturated heterocycles. The second-order valence-corrected chi connectivity index (χ2v) is 5.68. The van der Waals surface area contributed by atoms with Crippen molar-refractivity contribution in [1.29, 1.82) is 0 Å². The van der Waals surface area contributed by atoms with Crippen LogP contribution in [0.5, 0.6) is 11.5 Å². The summed E-state index contributed by atoms with van der Waals surface area (Å²) in [6, 6.07) is 5.13. The Balaban J connectivity index is 2.00. The molecule has 2 rings (SSSR count). The number of benzene rings is 1. The number of carbonyl (C=O) groups excluding carboxylic acids is 1. The summed E-state index contributed by atoms with van der Waals surface area (Å²) in [5, 5.41) is 2.94. The fourth-order valence-corrected chi connectivity index (χ4v) is 2.77. The predicted molar refractivity (Wildman–Crippen MR) is 81.9 cm³/mol. The van der Waals surface area contributed by atoms with E-state index in [9.17, 15) is 4.79 Å². The topological polar surface area (TPSA) is 73.6 Å². The van der Waals surface area contributed by atoms with Crippen LogP contribution in [0.4, 0.5) is 0 Å². The number of nitrogens with two attached hydrogens (primary N) is 1. The second-order valence-electron chi connectivity index (χ2n) is 5.68. The van der Waals surface area contributed by atoms with Gasteiger partial charge in [-0.2, -0.15) is 0 Å². The second kappa shape index (κ2) is 6.80. The number of nitrogens with one attached hydrogen (secondary N) is 1. The Kier molecular flexibility index (Phi) is 5.07. The van der Waals surface area contributed by atoms with Crippen molar-refractivity contribution in [3.63, 3.8) is 0 Å². The average molecular weight is 292 g/mol. The first-order chi connectivity index (χ1) is 10.1. The van der Waals surface area contributed by atoms with E-state index >= 15 is 0 Å². The maximum Gasteiger partial charge on any atom is 0.251 e. The van der Waals surface area contributed by atoms with E-state index in [0.29, 0.717) is 23.6 Å². The van der Waals surface area contributed by atoms with Crippen molar-refractivity contribution in [3.8, 4) is 11.5 Å². The Morgan fingerprint density at radius 2 is 1.86 bits per heavy atom. The van der Waals surface area contributed by atoms with Crippen molar-refractivity contribution in [2.75, 3.05) is 20.8 Å². The van der Waals surface area contributed by atoms with E-state index in [2.05, 4.69) is 5.32 Å². The van der Waals surface area contributed by atoms with Gasteiger partial charge >= 0.3 is 0 Å². The molecule has 1 aromatic carbocycles. The number of hydrogen-bond acceptors (Lipinski definition) is 4. The summed E-state index contributed by atoms with van der Waals surface area (Å²) in [6.45, 7) is 0.514. The lowest BCUT2D eigenvalue weighted by molar-refractivity contribution is 0.0937. The maximum absolute atomic E-state index is 12.2. The molecule has 3 N–H and O–H groups in total. The number of ether oxygens (including phenoxy) is 2. The SMILES string of the molecule is COc1ccc(C(=O)NCC2(N)CCCCC2)cc1OC. The molecule has 1 aliphatic carbocycles. The molecule has 0 unspecified atom stereocenters. The molecule has 0 aromatic heterocycles. The van der Waals surface area contributed by atoms with E-state index in [1.54, 1.807) is 32.4 Å². The van der Waals surface area contributed by atoms with Crippen LogP contribution in [0.2, 0.25) is 0 Å². The first kappa shape index (κ1) is 15.6. The van der Waals surface area contributed by atoms with Crippen LogP contribution in [0.15, 0.2) is 18.2 Å². The van der Waals surface area contributed by atoms with E-state index in [4.69, 9.17) is 15.2 Å². The smallest absolute Gasteiger partial charge is 0.251 e. The predicted octanol–water partition coefficient (Wildman–Crippen LogP) is 2.10. The summed E-state index contributed by atoms with van der Waals surface area (Å²) in [6.07, 6.45) is 5.46. The molecule has 1 aliphatic rings. The van der Waals surface area contributed by atoms with Gasteiger partial charge in [0.1, 0.15) is 0 Å². The molecule has 1 aromatic rings. The molecule has 116 valence electrons. The van der Waals surface area contributed by atoms with E-state index in [1.165, 1.54) is 6.42 Å². The molecule has 1 fully saturated rings. The lowest BCUT2D eigenvalue weighted by atomic mass is 9.82. The summed E-state index contributed by atoms with van der Waals surface area (Å²) < 4.78 is 10.4. The number of carbonyl (C=O) groups is 1. The Morgan fingerprint density at radius 1 is 1.19 bits per heavy atom. The van der Waals surface area contributed by atoms with Crippen LogP contribution >= 0.6 is 0 Å².